The van der Waals surface area contributed by atoms with Crippen LogP contribution in [0.5, 0.6) is 0 Å². The van der Waals surface area contributed by atoms with E-state index in [1.165, 1.54) is 32.1 Å². The predicted octanol–water partition coefficient (Wildman–Crippen LogP) is 2.76. The molecule has 16 heavy (non-hydrogen) atoms. The third-order valence-electron chi connectivity index (χ3n) is 5.72. The third kappa shape index (κ3) is 1.39. The number of hydrogen-bond donors (Lipinski definition) is 0. The zero-order chi connectivity index (χ0) is 10.9. The molecule has 7 atom stereocenters. The minimum absolute atomic E-state index is 0.536. The van der Waals surface area contributed by atoms with Gasteiger partial charge in [0.05, 0.1) is 24.4 Å². The average molecular weight is 222 g/mol. The van der Waals surface area contributed by atoms with Gasteiger partial charge in [-0.25, -0.2) is 0 Å². The van der Waals surface area contributed by atoms with Crippen LogP contribution in [0.4, 0.5) is 0 Å². The lowest BCUT2D eigenvalue weighted by molar-refractivity contribution is 0.0640. The SMILES string of the molecule is CC1CC2OC2CC1C1(C)CCC2OC2C1. The Morgan fingerprint density at radius 3 is 2.56 bits per heavy atom. The van der Waals surface area contributed by atoms with E-state index in [0.29, 0.717) is 29.8 Å². The molecule has 2 nitrogen and oxygen atoms in total. The van der Waals surface area contributed by atoms with E-state index in [4.69, 9.17) is 9.47 Å². The van der Waals surface area contributed by atoms with Gasteiger partial charge in [0.2, 0.25) is 0 Å². The summed E-state index contributed by atoms with van der Waals surface area (Å²) in [5.41, 5.74) is 0.536. The fraction of sp³-hybridized carbons (Fsp3) is 1.00. The van der Waals surface area contributed by atoms with Crippen LogP contribution in [0, 0.1) is 17.3 Å². The molecule has 4 rings (SSSR count). The molecule has 4 fully saturated rings. The molecule has 0 aromatic rings. The molecule has 90 valence electrons. The Hall–Kier alpha value is -0.0800. The van der Waals surface area contributed by atoms with Gasteiger partial charge in [0, 0.05) is 0 Å². The van der Waals surface area contributed by atoms with E-state index in [1.54, 1.807) is 0 Å². The standard InChI is InChI=1S/C14H22O2/c1-8-5-11-12(16-11)6-9(8)14(2)4-3-10-13(7-14)15-10/h8-13H,3-7H2,1-2H3. The largest absolute Gasteiger partial charge is 0.370 e. The van der Waals surface area contributed by atoms with Crippen LogP contribution in [0.1, 0.15) is 46.0 Å². The van der Waals surface area contributed by atoms with E-state index in [1.807, 2.05) is 0 Å². The highest BCUT2D eigenvalue weighted by Crippen LogP contribution is 2.57. The summed E-state index contributed by atoms with van der Waals surface area (Å²) in [7, 11) is 0. The molecular formula is C14H22O2. The minimum Gasteiger partial charge on any atom is -0.370 e. The summed E-state index contributed by atoms with van der Waals surface area (Å²) in [6.07, 6.45) is 9.11. The fourth-order valence-corrected chi connectivity index (χ4v) is 4.56. The predicted molar refractivity (Wildman–Crippen MR) is 61.2 cm³/mol. The lowest BCUT2D eigenvalue weighted by Gasteiger charge is -2.44. The van der Waals surface area contributed by atoms with Crippen LogP contribution in [0.2, 0.25) is 0 Å². The second kappa shape index (κ2) is 3.02. The zero-order valence-corrected chi connectivity index (χ0v) is 10.3. The van der Waals surface area contributed by atoms with Crippen molar-refractivity contribution in [3.05, 3.63) is 0 Å². The maximum atomic E-state index is 5.72. The van der Waals surface area contributed by atoms with Crippen LogP contribution >= 0.6 is 0 Å². The summed E-state index contributed by atoms with van der Waals surface area (Å²) in [4.78, 5) is 0. The number of fused-ring (bicyclic) bond motifs is 2. The monoisotopic (exact) mass is 222 g/mol. The van der Waals surface area contributed by atoms with Crippen LogP contribution in [-0.2, 0) is 9.47 Å². The summed E-state index contributed by atoms with van der Waals surface area (Å²) < 4.78 is 11.4. The Morgan fingerprint density at radius 1 is 1.00 bits per heavy atom. The lowest BCUT2D eigenvalue weighted by atomic mass is 9.60. The fourth-order valence-electron chi connectivity index (χ4n) is 4.56. The third-order valence-corrected chi connectivity index (χ3v) is 5.72. The van der Waals surface area contributed by atoms with E-state index in [-0.39, 0.29) is 0 Å². The van der Waals surface area contributed by atoms with E-state index >= 15 is 0 Å². The zero-order valence-electron chi connectivity index (χ0n) is 10.3. The van der Waals surface area contributed by atoms with E-state index in [2.05, 4.69) is 13.8 Å². The van der Waals surface area contributed by atoms with Crippen molar-refractivity contribution in [2.24, 2.45) is 17.3 Å². The van der Waals surface area contributed by atoms with Gasteiger partial charge in [-0.15, -0.1) is 0 Å². The van der Waals surface area contributed by atoms with Crippen molar-refractivity contribution < 1.29 is 9.47 Å². The summed E-state index contributed by atoms with van der Waals surface area (Å²) >= 11 is 0. The quantitative estimate of drug-likeness (QED) is 0.637. The molecule has 0 N–H and O–H groups in total. The maximum Gasteiger partial charge on any atom is 0.0847 e. The molecule has 0 amide bonds. The minimum atomic E-state index is 0.536. The van der Waals surface area contributed by atoms with Crippen LogP contribution in [0.3, 0.4) is 0 Å². The van der Waals surface area contributed by atoms with Gasteiger partial charge in [0.1, 0.15) is 0 Å². The molecule has 2 heterocycles. The van der Waals surface area contributed by atoms with E-state index in [0.717, 1.165) is 11.8 Å². The summed E-state index contributed by atoms with van der Waals surface area (Å²) in [6, 6.07) is 0. The summed E-state index contributed by atoms with van der Waals surface area (Å²) in [5.74, 6) is 1.73. The number of rotatable bonds is 1. The molecule has 2 saturated heterocycles. The van der Waals surface area contributed by atoms with Crippen molar-refractivity contribution in [3.63, 3.8) is 0 Å². The molecule has 4 aliphatic rings. The van der Waals surface area contributed by atoms with Crippen molar-refractivity contribution >= 4 is 0 Å². The van der Waals surface area contributed by atoms with Crippen molar-refractivity contribution in [2.45, 2.75) is 70.4 Å². The smallest absolute Gasteiger partial charge is 0.0847 e. The van der Waals surface area contributed by atoms with Gasteiger partial charge in [-0.3, -0.25) is 0 Å². The number of ether oxygens (including phenoxy) is 2. The van der Waals surface area contributed by atoms with Crippen LogP contribution in [-0.4, -0.2) is 24.4 Å². The lowest BCUT2D eigenvalue weighted by Crippen LogP contribution is -2.39. The van der Waals surface area contributed by atoms with Crippen LogP contribution in [0.15, 0.2) is 0 Å². The van der Waals surface area contributed by atoms with Crippen molar-refractivity contribution in [1.82, 2.24) is 0 Å². The molecule has 0 bridgehead atoms. The first-order chi connectivity index (χ1) is 7.66. The molecule has 2 saturated carbocycles. The average Bonchev–Trinajstić information content (AvgIpc) is 3.08. The Kier molecular flexibility index (Phi) is 1.87. The highest BCUT2D eigenvalue weighted by Gasteiger charge is 2.56. The van der Waals surface area contributed by atoms with Gasteiger partial charge in [-0.1, -0.05) is 13.8 Å². The van der Waals surface area contributed by atoms with Crippen LogP contribution in [0.25, 0.3) is 0 Å². The first-order valence-electron chi connectivity index (χ1n) is 6.97. The van der Waals surface area contributed by atoms with E-state index in [9.17, 15) is 0 Å². The highest BCUT2D eigenvalue weighted by atomic mass is 16.6. The maximum absolute atomic E-state index is 5.72. The molecule has 2 aliphatic carbocycles. The van der Waals surface area contributed by atoms with E-state index < -0.39 is 0 Å². The second-order valence-electron chi connectivity index (χ2n) is 6.88. The van der Waals surface area contributed by atoms with Gasteiger partial charge >= 0.3 is 0 Å². The van der Waals surface area contributed by atoms with Gasteiger partial charge in [-0.2, -0.15) is 0 Å². The Labute approximate surface area is 97.7 Å². The molecule has 0 aromatic heterocycles. The van der Waals surface area contributed by atoms with Gasteiger partial charge < -0.3 is 9.47 Å². The normalized spacial score (nSPS) is 63.4. The van der Waals surface area contributed by atoms with Crippen LogP contribution < -0.4 is 0 Å². The molecule has 0 spiro atoms. The Morgan fingerprint density at radius 2 is 1.75 bits per heavy atom. The van der Waals surface area contributed by atoms with Crippen molar-refractivity contribution in [3.8, 4) is 0 Å². The molecule has 0 aromatic carbocycles. The number of hydrogen-bond acceptors (Lipinski definition) is 2. The number of epoxide rings is 2. The van der Waals surface area contributed by atoms with Gasteiger partial charge in [0.15, 0.2) is 0 Å². The highest BCUT2D eigenvalue weighted by molar-refractivity contribution is 5.05. The Bertz CT molecular complexity index is 316. The molecule has 2 aliphatic heterocycles. The summed E-state index contributed by atoms with van der Waals surface area (Å²) in [6.45, 7) is 4.95. The molecular weight excluding hydrogens is 200 g/mol. The molecule has 0 radical (unpaired) electrons. The first-order valence-corrected chi connectivity index (χ1v) is 6.97. The second-order valence-corrected chi connectivity index (χ2v) is 6.88. The summed E-state index contributed by atoms with van der Waals surface area (Å²) in [5, 5.41) is 0. The molecule has 2 heteroatoms. The Balaban J connectivity index is 1.53. The van der Waals surface area contributed by atoms with Gasteiger partial charge in [-0.05, 0) is 49.4 Å². The first kappa shape index (κ1) is 9.90. The van der Waals surface area contributed by atoms with Crippen molar-refractivity contribution in [1.29, 1.82) is 0 Å². The van der Waals surface area contributed by atoms with Gasteiger partial charge in [0.25, 0.3) is 0 Å². The van der Waals surface area contributed by atoms with Crippen molar-refractivity contribution in [2.75, 3.05) is 0 Å². The molecule has 7 unspecified atom stereocenters. The topological polar surface area (TPSA) is 25.1 Å².